The van der Waals surface area contributed by atoms with E-state index in [1.54, 1.807) is 11.3 Å². The molecular formula is C29H44INO3S. The van der Waals surface area contributed by atoms with Gasteiger partial charge in [0.05, 0.1) is 10.7 Å². The third-order valence-electron chi connectivity index (χ3n) is 8.26. The monoisotopic (exact) mass is 613 g/mol. The average Bonchev–Trinajstić information content (AvgIpc) is 3.21. The van der Waals surface area contributed by atoms with Crippen LogP contribution < -0.4 is 0 Å². The van der Waals surface area contributed by atoms with E-state index < -0.39 is 5.41 Å². The van der Waals surface area contributed by atoms with Gasteiger partial charge in [0.25, 0.3) is 0 Å². The van der Waals surface area contributed by atoms with Crippen LogP contribution in [0.15, 0.2) is 22.6 Å². The molecule has 0 spiro atoms. The number of carbonyl (C=O) groups is 2. The van der Waals surface area contributed by atoms with Gasteiger partial charge < -0.3 is 4.74 Å². The van der Waals surface area contributed by atoms with Crippen molar-refractivity contribution in [1.82, 2.24) is 4.98 Å². The second-order valence-corrected chi connectivity index (χ2v) is 13.8. The maximum atomic E-state index is 13.5. The van der Waals surface area contributed by atoms with Gasteiger partial charge in [-0.1, -0.05) is 75.8 Å². The number of thiazole rings is 1. The summed E-state index contributed by atoms with van der Waals surface area (Å²) in [6, 6.07) is 0. The number of aryl methyl sites for hydroxylation is 1. The molecule has 0 saturated heterocycles. The third kappa shape index (κ3) is 8.24. The highest BCUT2D eigenvalue weighted by Crippen LogP contribution is 2.38. The number of Topliss-reactive ketones (excluding diaryl/α,β-unsaturated/α-hetero) is 1. The standard InChI is InChI=1S/C29H44INO3S/c1-17-10-12-25(30)18(2)11-13-26(19(3)14-24-16-35-23(7)31-24)34-27(32)15-20(4)29(8,9)28(33)22(6)21(17)5/h11,14,16-17,20-22,25-26H,10,12-13,15H2,1-9H3/b18-11-,19-14+/t17-,20-,21-,22+,25-,26-/m0/s1. The number of hydrogen-bond acceptors (Lipinski definition) is 5. The first kappa shape index (κ1) is 30.2. The molecule has 0 unspecified atom stereocenters. The smallest absolute Gasteiger partial charge is 0.306 e. The van der Waals surface area contributed by atoms with Crippen molar-refractivity contribution in [2.45, 2.75) is 98.0 Å². The predicted octanol–water partition coefficient (Wildman–Crippen LogP) is 8.23. The Balaban J connectivity index is 2.38. The van der Waals surface area contributed by atoms with Gasteiger partial charge in [-0.25, -0.2) is 4.98 Å². The number of alkyl halides is 1. The number of ketones is 1. The Kier molecular flexibility index (Phi) is 11.2. The number of cyclic esters (lactones) is 1. The fourth-order valence-corrected chi connectivity index (χ4v) is 5.88. The lowest BCUT2D eigenvalue weighted by atomic mass is 9.67. The van der Waals surface area contributed by atoms with E-state index in [-0.39, 0.29) is 36.1 Å². The van der Waals surface area contributed by atoms with Gasteiger partial charge in [0.15, 0.2) is 0 Å². The predicted molar refractivity (Wildman–Crippen MR) is 156 cm³/mol. The van der Waals surface area contributed by atoms with Crippen molar-refractivity contribution >= 4 is 51.8 Å². The fraction of sp³-hybridized carbons (Fsp3) is 0.690. The molecule has 1 aliphatic rings. The van der Waals surface area contributed by atoms with Gasteiger partial charge in [-0.05, 0) is 63.0 Å². The van der Waals surface area contributed by atoms with Crippen LogP contribution in [0.3, 0.4) is 0 Å². The van der Waals surface area contributed by atoms with E-state index >= 15 is 0 Å². The first-order valence-corrected chi connectivity index (χ1v) is 15.0. The van der Waals surface area contributed by atoms with Crippen LogP contribution in [0.2, 0.25) is 0 Å². The van der Waals surface area contributed by atoms with Crippen LogP contribution in [0.25, 0.3) is 6.08 Å². The molecule has 0 saturated carbocycles. The minimum atomic E-state index is -0.593. The van der Waals surface area contributed by atoms with E-state index in [0.717, 1.165) is 29.1 Å². The lowest BCUT2D eigenvalue weighted by Crippen LogP contribution is -2.40. The molecule has 35 heavy (non-hydrogen) atoms. The van der Waals surface area contributed by atoms with E-state index in [9.17, 15) is 9.59 Å². The van der Waals surface area contributed by atoms with Crippen molar-refractivity contribution in [3.05, 3.63) is 33.3 Å². The highest BCUT2D eigenvalue weighted by atomic mass is 127. The van der Waals surface area contributed by atoms with Crippen LogP contribution in [-0.2, 0) is 14.3 Å². The van der Waals surface area contributed by atoms with Crippen molar-refractivity contribution in [3.8, 4) is 0 Å². The van der Waals surface area contributed by atoms with Gasteiger partial charge in [-0.2, -0.15) is 0 Å². The molecule has 196 valence electrons. The number of aromatic nitrogens is 1. The van der Waals surface area contributed by atoms with Crippen LogP contribution in [0.5, 0.6) is 0 Å². The number of esters is 1. The number of allylic oxidation sites excluding steroid dienone is 1. The number of halogens is 1. The molecule has 1 aromatic rings. The van der Waals surface area contributed by atoms with Crippen LogP contribution in [-0.4, -0.2) is 26.8 Å². The Hall–Kier alpha value is -1.02. The van der Waals surface area contributed by atoms with Crippen molar-refractivity contribution in [3.63, 3.8) is 0 Å². The van der Waals surface area contributed by atoms with Gasteiger partial charge in [-0.3, -0.25) is 9.59 Å². The summed E-state index contributed by atoms with van der Waals surface area (Å²) in [4.78, 5) is 31.2. The molecule has 0 aromatic carbocycles. The quantitative estimate of drug-likeness (QED) is 0.146. The maximum absolute atomic E-state index is 13.5. The van der Waals surface area contributed by atoms with E-state index in [0.29, 0.717) is 22.2 Å². The summed E-state index contributed by atoms with van der Waals surface area (Å²) in [6.45, 7) is 18.7. The Morgan fingerprint density at radius 3 is 2.43 bits per heavy atom. The lowest BCUT2D eigenvalue weighted by Gasteiger charge is -2.36. The van der Waals surface area contributed by atoms with Crippen molar-refractivity contribution < 1.29 is 14.3 Å². The lowest BCUT2D eigenvalue weighted by molar-refractivity contribution is -0.150. The summed E-state index contributed by atoms with van der Waals surface area (Å²) in [5.74, 6) is 0.607. The zero-order valence-corrected chi connectivity index (χ0v) is 26.0. The molecule has 2 heterocycles. The van der Waals surface area contributed by atoms with Crippen molar-refractivity contribution in [1.29, 1.82) is 0 Å². The topological polar surface area (TPSA) is 56.3 Å². The van der Waals surface area contributed by atoms with E-state index in [2.05, 4.69) is 61.3 Å². The molecule has 0 N–H and O–H groups in total. The van der Waals surface area contributed by atoms with Crippen LogP contribution in [0, 0.1) is 36.0 Å². The molecule has 4 nitrogen and oxygen atoms in total. The normalized spacial score (nSPS) is 33.7. The minimum absolute atomic E-state index is 0.0461. The summed E-state index contributed by atoms with van der Waals surface area (Å²) in [5.41, 5.74) is 2.61. The Morgan fingerprint density at radius 1 is 1.17 bits per heavy atom. The van der Waals surface area contributed by atoms with Gasteiger partial charge in [0.2, 0.25) is 0 Å². The third-order valence-corrected chi connectivity index (χ3v) is 10.7. The summed E-state index contributed by atoms with van der Waals surface area (Å²) in [5, 5.41) is 3.04. The van der Waals surface area contributed by atoms with E-state index in [4.69, 9.17) is 4.74 Å². The average molecular weight is 614 g/mol. The van der Waals surface area contributed by atoms with Gasteiger partial charge in [0, 0.05) is 33.5 Å². The largest absolute Gasteiger partial charge is 0.457 e. The first-order chi connectivity index (χ1) is 16.2. The molecule has 0 fully saturated rings. The van der Waals surface area contributed by atoms with Crippen LogP contribution in [0.4, 0.5) is 0 Å². The maximum Gasteiger partial charge on any atom is 0.306 e. The molecule has 2 rings (SSSR count). The number of ether oxygens (including phenoxy) is 1. The number of hydrogen-bond donors (Lipinski definition) is 0. The molecular weight excluding hydrogens is 569 g/mol. The van der Waals surface area contributed by atoms with Crippen molar-refractivity contribution in [2.75, 3.05) is 0 Å². The van der Waals surface area contributed by atoms with Crippen molar-refractivity contribution in [2.24, 2.45) is 29.1 Å². The molecule has 1 aliphatic heterocycles. The van der Waals surface area contributed by atoms with Crippen LogP contribution in [0.1, 0.15) is 91.8 Å². The molecule has 0 radical (unpaired) electrons. The number of carbonyl (C=O) groups excluding carboxylic acids is 2. The zero-order chi connectivity index (χ0) is 26.5. The molecule has 0 aliphatic carbocycles. The highest BCUT2D eigenvalue weighted by Gasteiger charge is 2.40. The zero-order valence-electron chi connectivity index (χ0n) is 23.0. The Bertz CT molecular complexity index is 947. The summed E-state index contributed by atoms with van der Waals surface area (Å²) >= 11 is 4.14. The molecule has 0 bridgehead atoms. The molecule has 6 atom stereocenters. The van der Waals surface area contributed by atoms with E-state index in [1.807, 2.05) is 46.1 Å². The molecule has 0 amide bonds. The number of rotatable bonds is 2. The van der Waals surface area contributed by atoms with Crippen LogP contribution >= 0.6 is 33.9 Å². The summed E-state index contributed by atoms with van der Waals surface area (Å²) < 4.78 is 6.47. The minimum Gasteiger partial charge on any atom is -0.457 e. The molecule has 6 heteroatoms. The van der Waals surface area contributed by atoms with Gasteiger partial charge in [0.1, 0.15) is 11.9 Å². The Morgan fingerprint density at radius 2 is 1.83 bits per heavy atom. The number of nitrogens with zero attached hydrogens (tertiary/aromatic N) is 1. The summed E-state index contributed by atoms with van der Waals surface area (Å²) in [6.07, 6.45) is 6.94. The van der Waals surface area contributed by atoms with Gasteiger partial charge in [-0.15, -0.1) is 11.3 Å². The first-order valence-electron chi connectivity index (χ1n) is 12.9. The fourth-order valence-electron chi connectivity index (χ4n) is 4.69. The van der Waals surface area contributed by atoms with Gasteiger partial charge >= 0.3 is 5.97 Å². The highest BCUT2D eigenvalue weighted by molar-refractivity contribution is 14.1. The second-order valence-electron chi connectivity index (χ2n) is 11.2. The second kappa shape index (κ2) is 13.0. The molecule has 1 aromatic heterocycles. The Labute approximate surface area is 230 Å². The van der Waals surface area contributed by atoms with E-state index in [1.165, 1.54) is 5.57 Å². The summed E-state index contributed by atoms with van der Waals surface area (Å²) in [7, 11) is 0. The SMILES string of the molecule is C/C1=C/C[C@@H](/C(C)=C/c2csc(C)n2)OC(=O)C[C@H](C)C(C)(C)C(=O)[C@H](C)[C@@H](C)[C@@H](C)CC[C@@H]1I.